The van der Waals surface area contributed by atoms with Gasteiger partial charge >= 0.3 is 5.97 Å². The third kappa shape index (κ3) is 3.31. The van der Waals surface area contributed by atoms with Gasteiger partial charge in [0.25, 0.3) is 0 Å². The molecule has 1 aromatic heterocycles. The fourth-order valence-electron chi connectivity index (χ4n) is 2.46. The minimum atomic E-state index is -0.541. The van der Waals surface area contributed by atoms with Crippen LogP contribution in [0.2, 0.25) is 0 Å². The smallest absolute Gasteiger partial charge is 0.341 e. The number of fused-ring (bicyclic) bond motifs is 1. The number of ether oxygens (including phenoxy) is 1. The van der Waals surface area contributed by atoms with Gasteiger partial charge in [-0.2, -0.15) is 0 Å². The molecule has 0 aliphatic carbocycles. The summed E-state index contributed by atoms with van der Waals surface area (Å²) in [6.07, 6.45) is 3.45. The van der Waals surface area contributed by atoms with Gasteiger partial charge in [0.05, 0.1) is 5.56 Å². The van der Waals surface area contributed by atoms with Gasteiger partial charge in [-0.3, -0.25) is 4.79 Å². The number of rotatable bonds is 5. The molecule has 0 unspecified atom stereocenters. The average Bonchev–Trinajstić information content (AvgIpc) is 2.65. The van der Waals surface area contributed by atoms with Crippen LogP contribution in [0.15, 0.2) is 65.8 Å². The molecule has 0 spiro atoms. The second kappa shape index (κ2) is 7.27. The molecule has 3 rings (SSSR count). The second-order valence-electron chi connectivity index (χ2n) is 5.09. The molecule has 0 saturated carbocycles. The lowest BCUT2D eigenvalue weighted by atomic mass is 10.0. The zero-order valence-corrected chi connectivity index (χ0v) is 13.9. The van der Waals surface area contributed by atoms with E-state index in [1.54, 1.807) is 24.4 Å². The zero-order valence-electron chi connectivity index (χ0n) is 13.1. The molecule has 0 N–H and O–H groups in total. The molecule has 2 aromatic carbocycles. The van der Waals surface area contributed by atoms with E-state index in [0.29, 0.717) is 16.2 Å². The van der Waals surface area contributed by atoms with Crippen molar-refractivity contribution in [3.05, 3.63) is 71.9 Å². The molecule has 0 aliphatic rings. The van der Waals surface area contributed by atoms with E-state index in [1.807, 2.05) is 42.7 Å². The molecule has 120 valence electrons. The van der Waals surface area contributed by atoms with Crippen LogP contribution in [-0.2, 0) is 4.74 Å². The van der Waals surface area contributed by atoms with Crippen molar-refractivity contribution in [2.75, 3.05) is 12.9 Å². The van der Waals surface area contributed by atoms with Gasteiger partial charge in [0.1, 0.15) is 5.03 Å². The number of nitrogens with zero attached hydrogens (tertiary/aromatic N) is 1. The third-order valence-corrected chi connectivity index (χ3v) is 4.32. The first-order chi connectivity index (χ1) is 11.7. The van der Waals surface area contributed by atoms with Crippen molar-refractivity contribution in [1.29, 1.82) is 0 Å². The molecule has 0 aliphatic heterocycles. The minimum Gasteiger partial charge on any atom is -0.454 e. The van der Waals surface area contributed by atoms with Crippen LogP contribution in [0.25, 0.3) is 10.8 Å². The molecule has 0 radical (unpaired) electrons. The van der Waals surface area contributed by atoms with E-state index in [2.05, 4.69) is 4.98 Å². The fourth-order valence-corrected chi connectivity index (χ4v) is 3.00. The summed E-state index contributed by atoms with van der Waals surface area (Å²) in [6, 6.07) is 16.5. The molecule has 0 amide bonds. The third-order valence-electron chi connectivity index (χ3n) is 3.61. The Labute approximate surface area is 143 Å². The number of aromatic nitrogens is 1. The maximum Gasteiger partial charge on any atom is 0.341 e. The first-order valence-corrected chi connectivity index (χ1v) is 8.60. The van der Waals surface area contributed by atoms with Crippen molar-refractivity contribution < 1.29 is 14.3 Å². The summed E-state index contributed by atoms with van der Waals surface area (Å²) in [4.78, 5) is 28.8. The van der Waals surface area contributed by atoms with Crippen molar-refractivity contribution >= 4 is 34.3 Å². The molecule has 0 fully saturated rings. The largest absolute Gasteiger partial charge is 0.454 e. The lowest BCUT2D eigenvalue weighted by molar-refractivity contribution is 0.0471. The standard InChI is InChI=1S/C19H15NO3S/c1-24-18-16(10-5-11-20-18)19(22)23-12-17(21)15-9-4-7-13-6-2-3-8-14(13)15/h2-11H,12H2,1H3. The highest BCUT2D eigenvalue weighted by Crippen LogP contribution is 2.20. The zero-order chi connectivity index (χ0) is 16.9. The Hall–Kier alpha value is -2.66. The number of carbonyl (C=O) groups is 2. The van der Waals surface area contributed by atoms with Crippen LogP contribution < -0.4 is 0 Å². The molecular formula is C19H15NO3S. The number of hydrogen-bond acceptors (Lipinski definition) is 5. The van der Waals surface area contributed by atoms with Gasteiger partial charge in [-0.05, 0) is 29.2 Å². The Morgan fingerprint density at radius 2 is 1.75 bits per heavy atom. The highest BCUT2D eigenvalue weighted by atomic mass is 32.2. The number of Topliss-reactive ketones (excluding diaryl/α,β-unsaturated/α-hetero) is 1. The monoisotopic (exact) mass is 337 g/mol. The first kappa shape index (κ1) is 16.2. The fraction of sp³-hybridized carbons (Fsp3) is 0.105. The second-order valence-corrected chi connectivity index (χ2v) is 5.88. The van der Waals surface area contributed by atoms with Crippen LogP contribution in [0.3, 0.4) is 0 Å². The number of carbonyl (C=O) groups excluding carboxylic acids is 2. The molecule has 5 heteroatoms. The Bertz CT molecular complexity index is 903. The van der Waals surface area contributed by atoms with Gasteiger partial charge in [0, 0.05) is 11.8 Å². The maximum atomic E-state index is 12.5. The lowest BCUT2D eigenvalue weighted by Gasteiger charge is -2.08. The summed E-state index contributed by atoms with van der Waals surface area (Å²) in [5, 5.41) is 2.42. The van der Waals surface area contributed by atoms with Crippen LogP contribution in [0.5, 0.6) is 0 Å². The summed E-state index contributed by atoms with van der Waals surface area (Å²) in [5.74, 6) is -0.768. The summed E-state index contributed by atoms with van der Waals surface area (Å²) in [6.45, 7) is -0.296. The van der Waals surface area contributed by atoms with E-state index < -0.39 is 5.97 Å². The lowest BCUT2D eigenvalue weighted by Crippen LogP contribution is -2.15. The van der Waals surface area contributed by atoms with Crippen LogP contribution in [-0.4, -0.2) is 29.6 Å². The Kier molecular flexibility index (Phi) is 4.91. The van der Waals surface area contributed by atoms with E-state index in [-0.39, 0.29) is 12.4 Å². The average molecular weight is 337 g/mol. The van der Waals surface area contributed by atoms with Crippen LogP contribution in [0, 0.1) is 0 Å². The maximum absolute atomic E-state index is 12.5. The van der Waals surface area contributed by atoms with Crippen LogP contribution in [0.4, 0.5) is 0 Å². The van der Waals surface area contributed by atoms with E-state index in [1.165, 1.54) is 11.8 Å². The number of ketones is 1. The predicted octanol–water partition coefficient (Wildman–Crippen LogP) is 4.00. The van der Waals surface area contributed by atoms with Crippen molar-refractivity contribution in [2.45, 2.75) is 5.03 Å². The minimum absolute atomic E-state index is 0.227. The number of thioether (sulfide) groups is 1. The van der Waals surface area contributed by atoms with Gasteiger partial charge in [-0.15, -0.1) is 11.8 Å². The first-order valence-electron chi connectivity index (χ1n) is 7.38. The summed E-state index contributed by atoms with van der Waals surface area (Å²) < 4.78 is 5.19. The Morgan fingerprint density at radius 3 is 2.58 bits per heavy atom. The molecule has 0 bridgehead atoms. The normalized spacial score (nSPS) is 10.5. The number of hydrogen-bond donors (Lipinski definition) is 0. The highest BCUT2D eigenvalue weighted by molar-refractivity contribution is 7.98. The van der Waals surface area contributed by atoms with Crippen molar-refractivity contribution in [2.24, 2.45) is 0 Å². The topological polar surface area (TPSA) is 56.3 Å². The Balaban J connectivity index is 1.77. The molecule has 24 heavy (non-hydrogen) atoms. The summed E-state index contributed by atoms with van der Waals surface area (Å²) in [7, 11) is 0. The molecule has 1 heterocycles. The van der Waals surface area contributed by atoms with E-state index in [0.717, 1.165) is 10.8 Å². The van der Waals surface area contributed by atoms with Gasteiger partial charge in [0.15, 0.2) is 6.61 Å². The van der Waals surface area contributed by atoms with E-state index >= 15 is 0 Å². The summed E-state index contributed by atoms with van der Waals surface area (Å²) >= 11 is 1.36. The van der Waals surface area contributed by atoms with Crippen LogP contribution in [0.1, 0.15) is 20.7 Å². The molecule has 0 atom stereocenters. The number of pyridine rings is 1. The van der Waals surface area contributed by atoms with E-state index in [4.69, 9.17) is 4.74 Å². The quantitative estimate of drug-likeness (QED) is 0.400. The van der Waals surface area contributed by atoms with Gasteiger partial charge in [0.2, 0.25) is 5.78 Å². The van der Waals surface area contributed by atoms with Crippen molar-refractivity contribution in [1.82, 2.24) is 4.98 Å². The molecule has 0 saturated heterocycles. The van der Waals surface area contributed by atoms with Crippen LogP contribution >= 0.6 is 11.8 Å². The highest BCUT2D eigenvalue weighted by Gasteiger charge is 2.16. The van der Waals surface area contributed by atoms with E-state index in [9.17, 15) is 9.59 Å². The molecule has 3 aromatic rings. The van der Waals surface area contributed by atoms with Crippen molar-refractivity contribution in [3.63, 3.8) is 0 Å². The molecule has 4 nitrogen and oxygen atoms in total. The SMILES string of the molecule is CSc1ncccc1C(=O)OCC(=O)c1cccc2ccccc12. The Morgan fingerprint density at radius 1 is 1.00 bits per heavy atom. The predicted molar refractivity (Wildman–Crippen MR) is 94.6 cm³/mol. The van der Waals surface area contributed by atoms with Gasteiger partial charge in [-0.25, -0.2) is 9.78 Å². The molecular weight excluding hydrogens is 322 g/mol. The van der Waals surface area contributed by atoms with Gasteiger partial charge < -0.3 is 4.74 Å². The summed E-state index contributed by atoms with van der Waals surface area (Å²) in [5.41, 5.74) is 0.924. The number of benzene rings is 2. The van der Waals surface area contributed by atoms with Gasteiger partial charge in [-0.1, -0.05) is 42.5 Å². The number of esters is 1. The van der Waals surface area contributed by atoms with Crippen molar-refractivity contribution in [3.8, 4) is 0 Å².